The van der Waals surface area contributed by atoms with Gasteiger partial charge >= 0.3 is 0 Å². The van der Waals surface area contributed by atoms with Gasteiger partial charge in [0, 0.05) is 30.9 Å². The van der Waals surface area contributed by atoms with E-state index in [1.807, 2.05) is 6.33 Å². The number of imidazole rings is 1. The third-order valence-corrected chi connectivity index (χ3v) is 3.27. The van der Waals surface area contributed by atoms with Crippen LogP contribution in [0.1, 0.15) is 22.5 Å². The molecule has 3 nitrogen and oxygen atoms in total. The maximum absolute atomic E-state index is 4.49. The normalized spacial score (nSPS) is 14.7. The highest BCUT2D eigenvalue weighted by Gasteiger charge is 2.15. The van der Waals surface area contributed by atoms with E-state index in [0.717, 1.165) is 19.5 Å². The number of nitrogens with one attached hydrogen (secondary N) is 1. The fraction of sp³-hybridized carbons (Fsp3) is 0.357. The van der Waals surface area contributed by atoms with Gasteiger partial charge in [0.1, 0.15) is 0 Å². The molecule has 0 radical (unpaired) electrons. The number of benzene rings is 1. The molecule has 2 aromatic rings. The summed E-state index contributed by atoms with van der Waals surface area (Å²) in [6.45, 7) is 6.22. The van der Waals surface area contributed by atoms with E-state index < -0.39 is 0 Å². The van der Waals surface area contributed by atoms with Gasteiger partial charge in [0.05, 0.1) is 12.0 Å². The first-order chi connectivity index (χ1) is 8.24. The summed E-state index contributed by atoms with van der Waals surface area (Å²) in [6.07, 6.45) is 3.01. The van der Waals surface area contributed by atoms with Gasteiger partial charge in [0.15, 0.2) is 0 Å². The molecule has 1 aromatic carbocycles. The first-order valence-corrected chi connectivity index (χ1v) is 6.08. The van der Waals surface area contributed by atoms with Crippen molar-refractivity contribution in [2.75, 3.05) is 6.54 Å². The van der Waals surface area contributed by atoms with Crippen LogP contribution in [-0.4, -0.2) is 16.1 Å². The van der Waals surface area contributed by atoms with Crippen molar-refractivity contribution in [2.45, 2.75) is 26.8 Å². The van der Waals surface area contributed by atoms with Crippen LogP contribution >= 0.6 is 0 Å². The molecular formula is C14H17N3. The molecule has 0 aliphatic carbocycles. The lowest BCUT2D eigenvalue weighted by molar-refractivity contribution is 0.620. The Hall–Kier alpha value is -1.61. The summed E-state index contributed by atoms with van der Waals surface area (Å²) >= 11 is 0. The maximum atomic E-state index is 4.49. The minimum Gasteiger partial charge on any atom is -0.311 e. The average molecular weight is 227 g/mol. The van der Waals surface area contributed by atoms with Gasteiger partial charge in [-0.15, -0.1) is 0 Å². The molecule has 17 heavy (non-hydrogen) atoms. The molecular weight excluding hydrogens is 210 g/mol. The predicted octanol–water partition coefficient (Wildman–Crippen LogP) is 2.13. The summed E-state index contributed by atoms with van der Waals surface area (Å²) in [5.41, 5.74) is 6.38. The van der Waals surface area contributed by atoms with Crippen LogP contribution in [0, 0.1) is 13.8 Å². The van der Waals surface area contributed by atoms with Gasteiger partial charge in [-0.3, -0.25) is 0 Å². The Kier molecular flexibility index (Phi) is 2.48. The number of nitrogens with zero attached hydrogens (tertiary/aromatic N) is 2. The van der Waals surface area contributed by atoms with Crippen LogP contribution in [0.4, 0.5) is 0 Å². The molecule has 0 unspecified atom stereocenters. The van der Waals surface area contributed by atoms with Crippen molar-refractivity contribution in [3.63, 3.8) is 0 Å². The summed E-state index contributed by atoms with van der Waals surface area (Å²) in [5, 5.41) is 3.35. The van der Waals surface area contributed by atoms with Crippen LogP contribution in [-0.2, 0) is 13.0 Å². The van der Waals surface area contributed by atoms with Crippen molar-refractivity contribution in [1.29, 1.82) is 0 Å². The van der Waals surface area contributed by atoms with Gasteiger partial charge in [-0.2, -0.15) is 0 Å². The zero-order chi connectivity index (χ0) is 11.8. The van der Waals surface area contributed by atoms with E-state index in [1.54, 1.807) is 0 Å². The monoisotopic (exact) mass is 227 g/mol. The minimum absolute atomic E-state index is 0.896. The molecule has 3 rings (SSSR count). The van der Waals surface area contributed by atoms with Crippen molar-refractivity contribution in [3.05, 3.63) is 47.0 Å². The van der Waals surface area contributed by atoms with Crippen LogP contribution in [0.2, 0.25) is 0 Å². The van der Waals surface area contributed by atoms with E-state index in [0.29, 0.717) is 0 Å². The smallest absolute Gasteiger partial charge is 0.0998 e. The lowest BCUT2D eigenvalue weighted by Crippen LogP contribution is -2.24. The van der Waals surface area contributed by atoms with Gasteiger partial charge in [-0.05, 0) is 37.1 Å². The highest BCUT2D eigenvalue weighted by molar-refractivity contribution is 5.42. The minimum atomic E-state index is 0.896. The first-order valence-electron chi connectivity index (χ1n) is 6.08. The number of aromatic nitrogens is 2. The highest BCUT2D eigenvalue weighted by atomic mass is 15.1. The SMILES string of the molecule is Cc1cc(C)cc(-n2cnc3c2CCNC3)c1. The second-order valence-electron chi connectivity index (χ2n) is 4.78. The third kappa shape index (κ3) is 1.87. The van der Waals surface area contributed by atoms with E-state index in [1.165, 1.54) is 28.2 Å². The van der Waals surface area contributed by atoms with Gasteiger partial charge in [0.25, 0.3) is 0 Å². The Bertz CT molecular complexity index is 534. The lowest BCUT2D eigenvalue weighted by atomic mass is 10.1. The molecule has 0 atom stereocenters. The third-order valence-electron chi connectivity index (χ3n) is 3.27. The van der Waals surface area contributed by atoms with Crippen LogP contribution in [0.5, 0.6) is 0 Å². The summed E-state index contributed by atoms with van der Waals surface area (Å²) < 4.78 is 2.23. The maximum Gasteiger partial charge on any atom is 0.0998 e. The Morgan fingerprint density at radius 3 is 2.71 bits per heavy atom. The average Bonchev–Trinajstić information content (AvgIpc) is 2.71. The molecule has 0 saturated heterocycles. The van der Waals surface area contributed by atoms with Crippen LogP contribution < -0.4 is 5.32 Å². The quantitative estimate of drug-likeness (QED) is 0.809. The topological polar surface area (TPSA) is 29.9 Å². The van der Waals surface area contributed by atoms with E-state index in [4.69, 9.17) is 0 Å². The number of rotatable bonds is 1. The molecule has 1 aromatic heterocycles. The van der Waals surface area contributed by atoms with E-state index >= 15 is 0 Å². The van der Waals surface area contributed by atoms with Gasteiger partial charge < -0.3 is 9.88 Å². The van der Waals surface area contributed by atoms with Gasteiger partial charge in [-0.1, -0.05) is 6.07 Å². The number of aryl methyl sites for hydroxylation is 2. The summed E-state index contributed by atoms with van der Waals surface area (Å²) in [6, 6.07) is 6.64. The number of hydrogen-bond acceptors (Lipinski definition) is 2. The van der Waals surface area contributed by atoms with Crippen molar-refractivity contribution in [1.82, 2.24) is 14.9 Å². The Labute approximate surface area is 101 Å². The number of fused-ring (bicyclic) bond motifs is 1. The molecule has 1 N–H and O–H groups in total. The highest BCUT2D eigenvalue weighted by Crippen LogP contribution is 2.20. The van der Waals surface area contributed by atoms with Crippen molar-refractivity contribution >= 4 is 0 Å². The molecule has 0 amide bonds. The van der Waals surface area contributed by atoms with E-state index in [2.05, 4.69) is 46.9 Å². The predicted molar refractivity (Wildman–Crippen MR) is 68.4 cm³/mol. The van der Waals surface area contributed by atoms with Gasteiger partial charge in [-0.25, -0.2) is 4.98 Å². The van der Waals surface area contributed by atoms with Crippen molar-refractivity contribution in [3.8, 4) is 5.69 Å². The molecule has 0 fully saturated rings. The molecule has 1 aliphatic rings. The second-order valence-corrected chi connectivity index (χ2v) is 4.78. The molecule has 3 heteroatoms. The molecule has 2 heterocycles. The standard InChI is InChI=1S/C14H17N3/c1-10-5-11(2)7-12(6-10)17-9-16-13-8-15-4-3-14(13)17/h5-7,9,15H,3-4,8H2,1-2H3. The largest absolute Gasteiger partial charge is 0.311 e. The fourth-order valence-corrected chi connectivity index (χ4v) is 2.55. The molecule has 1 aliphatic heterocycles. The lowest BCUT2D eigenvalue weighted by Gasteiger charge is -2.15. The van der Waals surface area contributed by atoms with Crippen LogP contribution in [0.3, 0.4) is 0 Å². The van der Waals surface area contributed by atoms with Gasteiger partial charge in [0.2, 0.25) is 0 Å². The Morgan fingerprint density at radius 1 is 1.18 bits per heavy atom. The van der Waals surface area contributed by atoms with Crippen molar-refractivity contribution in [2.24, 2.45) is 0 Å². The zero-order valence-electron chi connectivity index (χ0n) is 10.3. The fourth-order valence-electron chi connectivity index (χ4n) is 2.55. The Morgan fingerprint density at radius 2 is 1.94 bits per heavy atom. The van der Waals surface area contributed by atoms with Crippen molar-refractivity contribution < 1.29 is 0 Å². The zero-order valence-corrected chi connectivity index (χ0v) is 10.3. The van der Waals surface area contributed by atoms with Crippen LogP contribution in [0.15, 0.2) is 24.5 Å². The molecule has 0 bridgehead atoms. The van der Waals surface area contributed by atoms with E-state index in [9.17, 15) is 0 Å². The Balaban J connectivity index is 2.11. The summed E-state index contributed by atoms with van der Waals surface area (Å²) in [5.74, 6) is 0. The summed E-state index contributed by atoms with van der Waals surface area (Å²) in [7, 11) is 0. The first kappa shape index (κ1) is 10.5. The molecule has 88 valence electrons. The number of hydrogen-bond donors (Lipinski definition) is 1. The molecule has 0 spiro atoms. The van der Waals surface area contributed by atoms with E-state index in [-0.39, 0.29) is 0 Å². The van der Waals surface area contributed by atoms with Crippen LogP contribution in [0.25, 0.3) is 5.69 Å². The summed E-state index contributed by atoms with van der Waals surface area (Å²) in [4.78, 5) is 4.49. The molecule has 0 saturated carbocycles. The second kappa shape index (κ2) is 4.00.